The summed E-state index contributed by atoms with van der Waals surface area (Å²) < 4.78 is 5.32. The van der Waals surface area contributed by atoms with Crippen LogP contribution in [0.25, 0.3) is 10.8 Å². The SMILES string of the molecule is O=C(O)c1ccc(C(=O)Oc2ccc3ccccc3c2)cc1. The van der Waals surface area contributed by atoms with E-state index in [4.69, 9.17) is 9.84 Å². The molecular weight excluding hydrogens is 280 g/mol. The molecule has 3 aromatic carbocycles. The maximum atomic E-state index is 12.1. The summed E-state index contributed by atoms with van der Waals surface area (Å²) in [6.07, 6.45) is 0. The number of carbonyl (C=O) groups excluding carboxylic acids is 1. The molecule has 0 aliphatic rings. The van der Waals surface area contributed by atoms with Gasteiger partial charge in [0.1, 0.15) is 5.75 Å². The molecule has 3 rings (SSSR count). The lowest BCUT2D eigenvalue weighted by atomic mass is 10.1. The van der Waals surface area contributed by atoms with Gasteiger partial charge in [-0.3, -0.25) is 0 Å². The molecular formula is C18H12O4. The highest BCUT2D eigenvalue weighted by Crippen LogP contribution is 2.21. The van der Waals surface area contributed by atoms with Crippen LogP contribution >= 0.6 is 0 Å². The average Bonchev–Trinajstić information content (AvgIpc) is 2.55. The van der Waals surface area contributed by atoms with Gasteiger partial charge in [0, 0.05) is 0 Å². The fourth-order valence-corrected chi connectivity index (χ4v) is 2.15. The van der Waals surface area contributed by atoms with E-state index in [1.54, 1.807) is 12.1 Å². The zero-order chi connectivity index (χ0) is 15.5. The molecule has 0 heterocycles. The maximum absolute atomic E-state index is 12.1. The molecule has 4 heteroatoms. The van der Waals surface area contributed by atoms with E-state index >= 15 is 0 Å². The molecule has 1 N–H and O–H groups in total. The summed E-state index contributed by atoms with van der Waals surface area (Å²) in [5.41, 5.74) is 0.431. The Kier molecular flexibility index (Phi) is 3.58. The van der Waals surface area contributed by atoms with Gasteiger partial charge in [-0.05, 0) is 47.2 Å². The number of carboxylic acid groups (broad SMARTS) is 1. The highest BCUT2D eigenvalue weighted by Gasteiger charge is 2.10. The van der Waals surface area contributed by atoms with Gasteiger partial charge in [-0.1, -0.05) is 30.3 Å². The van der Waals surface area contributed by atoms with Crippen molar-refractivity contribution < 1.29 is 19.4 Å². The minimum atomic E-state index is -1.03. The molecule has 3 aromatic rings. The van der Waals surface area contributed by atoms with Crippen molar-refractivity contribution in [2.75, 3.05) is 0 Å². The lowest BCUT2D eigenvalue weighted by molar-refractivity contribution is 0.0691. The second kappa shape index (κ2) is 5.69. The first kappa shape index (κ1) is 13.8. The summed E-state index contributed by atoms with van der Waals surface area (Å²) in [5, 5.41) is 10.9. The summed E-state index contributed by atoms with van der Waals surface area (Å²) in [6.45, 7) is 0. The maximum Gasteiger partial charge on any atom is 0.343 e. The predicted octanol–water partition coefficient (Wildman–Crippen LogP) is 3.76. The number of ether oxygens (including phenoxy) is 1. The molecule has 4 nitrogen and oxygen atoms in total. The minimum absolute atomic E-state index is 0.127. The molecule has 22 heavy (non-hydrogen) atoms. The third-order valence-electron chi connectivity index (χ3n) is 3.30. The van der Waals surface area contributed by atoms with Crippen LogP contribution in [0.15, 0.2) is 66.7 Å². The first-order valence-electron chi connectivity index (χ1n) is 6.68. The Labute approximate surface area is 126 Å². The van der Waals surface area contributed by atoms with E-state index in [1.807, 2.05) is 30.3 Å². The van der Waals surface area contributed by atoms with Crippen LogP contribution in [0.3, 0.4) is 0 Å². The van der Waals surface area contributed by atoms with Crippen LogP contribution in [-0.4, -0.2) is 17.0 Å². The van der Waals surface area contributed by atoms with Crippen molar-refractivity contribution in [2.24, 2.45) is 0 Å². The first-order valence-corrected chi connectivity index (χ1v) is 6.68. The Balaban J connectivity index is 1.81. The average molecular weight is 292 g/mol. The summed E-state index contributed by atoms with van der Waals surface area (Å²) in [7, 11) is 0. The normalized spacial score (nSPS) is 10.4. The Morgan fingerprint density at radius 3 is 2.09 bits per heavy atom. The van der Waals surface area contributed by atoms with Gasteiger partial charge in [0.05, 0.1) is 11.1 Å². The van der Waals surface area contributed by atoms with Gasteiger partial charge in [-0.25, -0.2) is 9.59 Å². The van der Waals surface area contributed by atoms with Crippen molar-refractivity contribution in [1.82, 2.24) is 0 Å². The highest BCUT2D eigenvalue weighted by atomic mass is 16.5. The standard InChI is InChI=1S/C18H12O4/c19-17(20)13-5-7-14(8-6-13)18(21)22-16-10-9-12-3-1-2-4-15(12)11-16/h1-11H,(H,19,20). The second-order valence-electron chi connectivity index (χ2n) is 4.78. The molecule has 0 unspecified atom stereocenters. The monoisotopic (exact) mass is 292 g/mol. The fraction of sp³-hybridized carbons (Fsp3) is 0. The van der Waals surface area contributed by atoms with Gasteiger partial charge in [-0.2, -0.15) is 0 Å². The molecule has 0 amide bonds. The Morgan fingerprint density at radius 1 is 0.773 bits per heavy atom. The summed E-state index contributed by atoms with van der Waals surface area (Å²) in [6, 6.07) is 18.8. The van der Waals surface area contributed by atoms with Crippen LogP contribution in [-0.2, 0) is 0 Å². The summed E-state index contributed by atoms with van der Waals surface area (Å²) in [5.74, 6) is -1.10. The van der Waals surface area contributed by atoms with E-state index in [0.29, 0.717) is 11.3 Å². The number of esters is 1. The van der Waals surface area contributed by atoms with Crippen LogP contribution in [0, 0.1) is 0 Å². The van der Waals surface area contributed by atoms with E-state index in [0.717, 1.165) is 10.8 Å². The first-order chi connectivity index (χ1) is 10.6. The molecule has 0 atom stereocenters. The summed E-state index contributed by atoms with van der Waals surface area (Å²) in [4.78, 5) is 22.8. The number of aromatic carboxylic acids is 1. The van der Waals surface area contributed by atoms with Crippen molar-refractivity contribution >= 4 is 22.7 Å². The quantitative estimate of drug-likeness (QED) is 0.589. The molecule has 0 radical (unpaired) electrons. The van der Waals surface area contributed by atoms with E-state index in [1.165, 1.54) is 24.3 Å². The van der Waals surface area contributed by atoms with Crippen LogP contribution < -0.4 is 4.74 Å². The molecule has 0 spiro atoms. The number of rotatable bonds is 3. The predicted molar refractivity (Wildman–Crippen MR) is 82.3 cm³/mol. The molecule has 0 bridgehead atoms. The third kappa shape index (κ3) is 2.81. The second-order valence-corrected chi connectivity index (χ2v) is 4.78. The van der Waals surface area contributed by atoms with Gasteiger partial charge >= 0.3 is 11.9 Å². The van der Waals surface area contributed by atoms with E-state index < -0.39 is 11.9 Å². The Morgan fingerprint density at radius 2 is 1.41 bits per heavy atom. The number of fused-ring (bicyclic) bond motifs is 1. The molecule has 0 aromatic heterocycles. The number of hydrogen-bond donors (Lipinski definition) is 1. The van der Waals surface area contributed by atoms with E-state index in [2.05, 4.69) is 0 Å². The van der Waals surface area contributed by atoms with Crippen molar-refractivity contribution in [2.45, 2.75) is 0 Å². The summed E-state index contributed by atoms with van der Waals surface area (Å²) >= 11 is 0. The van der Waals surface area contributed by atoms with Crippen molar-refractivity contribution in [3.05, 3.63) is 77.9 Å². The fourth-order valence-electron chi connectivity index (χ4n) is 2.15. The van der Waals surface area contributed by atoms with Crippen LogP contribution in [0.2, 0.25) is 0 Å². The highest BCUT2D eigenvalue weighted by molar-refractivity contribution is 5.94. The van der Waals surface area contributed by atoms with Crippen LogP contribution in [0.1, 0.15) is 20.7 Å². The minimum Gasteiger partial charge on any atom is -0.478 e. The van der Waals surface area contributed by atoms with Crippen LogP contribution in [0.4, 0.5) is 0 Å². The Bertz CT molecular complexity index is 850. The van der Waals surface area contributed by atoms with E-state index in [-0.39, 0.29) is 5.56 Å². The van der Waals surface area contributed by atoms with E-state index in [9.17, 15) is 9.59 Å². The number of carboxylic acids is 1. The van der Waals surface area contributed by atoms with Crippen molar-refractivity contribution in [1.29, 1.82) is 0 Å². The van der Waals surface area contributed by atoms with Crippen molar-refractivity contribution in [3.63, 3.8) is 0 Å². The van der Waals surface area contributed by atoms with Crippen molar-refractivity contribution in [3.8, 4) is 5.75 Å². The molecule has 0 aliphatic heterocycles. The molecule has 0 fully saturated rings. The zero-order valence-corrected chi connectivity index (χ0v) is 11.5. The molecule has 108 valence electrons. The van der Waals surface area contributed by atoms with Gasteiger partial charge in [0.15, 0.2) is 0 Å². The van der Waals surface area contributed by atoms with Crippen LogP contribution in [0.5, 0.6) is 5.75 Å². The zero-order valence-electron chi connectivity index (χ0n) is 11.5. The number of hydrogen-bond acceptors (Lipinski definition) is 3. The van der Waals surface area contributed by atoms with Gasteiger partial charge in [-0.15, -0.1) is 0 Å². The lowest BCUT2D eigenvalue weighted by Gasteiger charge is -2.06. The van der Waals surface area contributed by atoms with Gasteiger partial charge in [0.25, 0.3) is 0 Å². The van der Waals surface area contributed by atoms with Gasteiger partial charge in [0.2, 0.25) is 0 Å². The smallest absolute Gasteiger partial charge is 0.343 e. The third-order valence-corrected chi connectivity index (χ3v) is 3.30. The lowest BCUT2D eigenvalue weighted by Crippen LogP contribution is -2.09. The topological polar surface area (TPSA) is 63.6 Å². The molecule has 0 aliphatic carbocycles. The largest absolute Gasteiger partial charge is 0.478 e. The van der Waals surface area contributed by atoms with Gasteiger partial charge < -0.3 is 9.84 Å². The number of benzene rings is 3. The number of carbonyl (C=O) groups is 2. The Hall–Kier alpha value is -3.14. The molecule has 0 saturated heterocycles. The molecule has 0 saturated carbocycles.